The molecule has 3 heterocycles. The van der Waals surface area contributed by atoms with Crippen LogP contribution in [0.3, 0.4) is 0 Å². The lowest BCUT2D eigenvalue weighted by Crippen LogP contribution is -2.46. The molecule has 1 aromatic carbocycles. The van der Waals surface area contributed by atoms with Crippen LogP contribution in [0.2, 0.25) is 0 Å². The highest BCUT2D eigenvalue weighted by atomic mass is 16.7. The van der Waals surface area contributed by atoms with E-state index in [1.165, 1.54) is 46.1 Å². The van der Waals surface area contributed by atoms with Gasteiger partial charge in [0.05, 0.1) is 47.0 Å². The average Bonchev–Trinajstić information content (AvgIpc) is 3.31. The molecule has 0 saturated heterocycles. The van der Waals surface area contributed by atoms with Crippen molar-refractivity contribution in [3.63, 3.8) is 0 Å². The number of ether oxygens (including phenoxy) is 4. The maximum absolute atomic E-state index is 13.8. The number of nitrogens with one attached hydrogen (secondary N) is 1. The third-order valence-corrected chi connectivity index (χ3v) is 9.47. The summed E-state index contributed by atoms with van der Waals surface area (Å²) in [6, 6.07) is 0. The molecule has 49 heavy (non-hydrogen) atoms. The molecule has 0 spiro atoms. The Hall–Kier alpha value is -4.59. The number of ketones is 3. The molecule has 13 heteroatoms. The van der Waals surface area contributed by atoms with Gasteiger partial charge in [-0.2, -0.15) is 0 Å². The number of rotatable bonds is 2. The number of carbonyl (C=O) groups excluding carboxylic acids is 5. The van der Waals surface area contributed by atoms with E-state index in [9.17, 15) is 39.3 Å². The number of aliphatic hydroxyl groups excluding tert-OH is 2. The Morgan fingerprint density at radius 3 is 2.24 bits per heavy atom. The highest BCUT2D eigenvalue weighted by molar-refractivity contribution is 6.30. The number of fused-ring (bicyclic) bond motifs is 14. The highest BCUT2D eigenvalue weighted by Crippen LogP contribution is 2.47. The molecule has 1 aliphatic carbocycles. The second-order valence-electron chi connectivity index (χ2n) is 12.9. The van der Waals surface area contributed by atoms with Gasteiger partial charge in [-0.15, -0.1) is 0 Å². The van der Waals surface area contributed by atoms with E-state index in [4.69, 9.17) is 18.9 Å². The van der Waals surface area contributed by atoms with Crippen molar-refractivity contribution in [2.45, 2.75) is 78.7 Å². The van der Waals surface area contributed by atoms with Crippen LogP contribution in [0, 0.1) is 30.6 Å². The van der Waals surface area contributed by atoms with Gasteiger partial charge in [0.2, 0.25) is 11.7 Å². The van der Waals surface area contributed by atoms with Crippen molar-refractivity contribution < 1.29 is 58.2 Å². The fourth-order valence-electron chi connectivity index (χ4n) is 6.50. The van der Waals surface area contributed by atoms with E-state index in [2.05, 4.69) is 5.32 Å². The minimum absolute atomic E-state index is 0.00776. The molecule has 13 nitrogen and oxygen atoms in total. The molecule has 0 unspecified atom stereocenters. The predicted octanol–water partition coefficient (Wildman–Crippen LogP) is 3.24. The Morgan fingerprint density at radius 2 is 1.61 bits per heavy atom. The van der Waals surface area contributed by atoms with Crippen LogP contribution in [0.1, 0.15) is 78.2 Å². The number of carbonyl (C=O) groups is 5. The largest absolute Gasteiger partial charge is 0.507 e. The Balaban J connectivity index is 1.81. The van der Waals surface area contributed by atoms with Gasteiger partial charge in [0.1, 0.15) is 17.6 Å². The molecule has 5 rings (SSSR count). The van der Waals surface area contributed by atoms with Gasteiger partial charge in [-0.1, -0.05) is 45.9 Å². The summed E-state index contributed by atoms with van der Waals surface area (Å²) in [7, 11) is 1.42. The maximum Gasteiger partial charge on any atom is 0.312 e. The number of methoxy groups -OCH3 is 1. The summed E-state index contributed by atoms with van der Waals surface area (Å²) in [5, 5.41) is 35.8. The van der Waals surface area contributed by atoms with Crippen LogP contribution >= 0.6 is 0 Å². The van der Waals surface area contributed by atoms with E-state index in [0.29, 0.717) is 0 Å². The monoisotopic (exact) mass is 681 g/mol. The SMILES string of the molecule is CO[C@H]1C=CO[C@@]2(C)Oc3c(C)c(O)c4c(c3C2=O)C(=O)C=C(NC(=O)C=CC=C[C@H](C)[C@H](O)[C@@H](C)[C@@H](O)[C@@H](C)[C@H](OC(C)=O)[C@@H]1C)C4=O. The van der Waals surface area contributed by atoms with Gasteiger partial charge in [0.25, 0.3) is 5.78 Å². The number of amides is 1. The van der Waals surface area contributed by atoms with E-state index < -0.39 is 100 Å². The van der Waals surface area contributed by atoms with Gasteiger partial charge in [-0.05, 0) is 13.0 Å². The normalized spacial score (nSPS) is 32.3. The van der Waals surface area contributed by atoms with E-state index in [0.717, 1.165) is 18.4 Å². The summed E-state index contributed by atoms with van der Waals surface area (Å²) in [4.78, 5) is 65.6. The standard InChI is InChI=1S/C36H43NO12/c1-16-11-9-10-12-25(40)37-22-15-23(39)26-27(32(22)44)31(43)20(5)34-28(26)35(45)36(7,49-34)47-14-13-24(46-8)17(2)33(48-21(6)38)19(4)30(42)18(3)29(16)41/h9-19,24,29-30,33,41-43H,1-8H3,(H,37,40)/t16-,17+,18+,19+,24-,29-,30+,33+,36-/m0/s1. The van der Waals surface area contributed by atoms with Gasteiger partial charge in [-0.3, -0.25) is 24.0 Å². The Bertz CT molecular complexity index is 1670. The molecule has 0 saturated carbocycles. The minimum Gasteiger partial charge on any atom is -0.507 e. The van der Waals surface area contributed by atoms with Crippen LogP contribution in [0.4, 0.5) is 0 Å². The second kappa shape index (κ2) is 14.5. The first kappa shape index (κ1) is 37.2. The molecule has 264 valence electrons. The molecule has 3 aliphatic heterocycles. The summed E-state index contributed by atoms with van der Waals surface area (Å²) in [6.45, 7) is 10.8. The zero-order valence-electron chi connectivity index (χ0n) is 28.7. The van der Waals surface area contributed by atoms with Crippen molar-refractivity contribution in [2.24, 2.45) is 23.7 Å². The number of Topliss-reactive ketones (excluding diaryl/α,β-unsaturated/α-hetero) is 2. The highest BCUT2D eigenvalue weighted by Gasteiger charge is 2.51. The van der Waals surface area contributed by atoms with E-state index in [-0.39, 0.29) is 22.4 Å². The third-order valence-electron chi connectivity index (χ3n) is 9.47. The molecule has 4 aliphatic rings. The van der Waals surface area contributed by atoms with E-state index in [1.807, 2.05) is 0 Å². The molecule has 1 amide bonds. The van der Waals surface area contributed by atoms with E-state index in [1.54, 1.807) is 33.8 Å². The lowest BCUT2D eigenvalue weighted by atomic mass is 9.78. The van der Waals surface area contributed by atoms with Crippen molar-refractivity contribution in [3.05, 3.63) is 70.7 Å². The van der Waals surface area contributed by atoms with Crippen LogP contribution < -0.4 is 10.1 Å². The molecule has 0 radical (unpaired) electrons. The number of hydrogen-bond acceptors (Lipinski definition) is 12. The summed E-state index contributed by atoms with van der Waals surface area (Å²) in [5.41, 5.74) is -1.47. The van der Waals surface area contributed by atoms with E-state index >= 15 is 0 Å². The first-order valence-corrected chi connectivity index (χ1v) is 16.0. The van der Waals surface area contributed by atoms with Crippen molar-refractivity contribution in [1.29, 1.82) is 0 Å². The number of phenols is 1. The van der Waals surface area contributed by atoms with Gasteiger partial charge >= 0.3 is 11.8 Å². The topological polar surface area (TPSA) is 195 Å². The van der Waals surface area contributed by atoms with Gasteiger partial charge in [0, 0.05) is 62.3 Å². The first-order valence-electron chi connectivity index (χ1n) is 16.0. The van der Waals surface area contributed by atoms with Crippen molar-refractivity contribution in [3.8, 4) is 11.5 Å². The molecule has 9 atom stereocenters. The quantitative estimate of drug-likeness (QED) is 0.334. The molecule has 0 fully saturated rings. The molecular formula is C36H43NO12. The van der Waals surface area contributed by atoms with Gasteiger partial charge < -0.3 is 39.6 Å². The number of aromatic hydroxyl groups is 1. The molecule has 0 aromatic heterocycles. The fourth-order valence-corrected chi connectivity index (χ4v) is 6.50. The smallest absolute Gasteiger partial charge is 0.312 e. The number of benzene rings is 1. The summed E-state index contributed by atoms with van der Waals surface area (Å²) < 4.78 is 23.0. The number of esters is 1. The van der Waals surface area contributed by atoms with Crippen LogP contribution in [0.25, 0.3) is 0 Å². The number of phenolic OH excluding ortho intramolecular Hbond substituents is 1. The zero-order valence-corrected chi connectivity index (χ0v) is 28.7. The summed E-state index contributed by atoms with van der Waals surface area (Å²) >= 11 is 0. The lowest BCUT2D eigenvalue weighted by Gasteiger charge is -2.38. The number of allylic oxidation sites excluding steroid dienone is 4. The lowest BCUT2D eigenvalue weighted by molar-refractivity contribution is -0.160. The van der Waals surface area contributed by atoms with Crippen LogP contribution in [0.15, 0.2) is 48.4 Å². The molecule has 4 N–H and O–H groups in total. The Morgan fingerprint density at radius 1 is 0.939 bits per heavy atom. The van der Waals surface area contributed by atoms with Crippen LogP contribution in [-0.4, -0.2) is 81.9 Å². The van der Waals surface area contributed by atoms with Crippen LogP contribution in [-0.2, 0) is 23.8 Å². The zero-order chi connectivity index (χ0) is 36.5. The predicted molar refractivity (Wildman–Crippen MR) is 175 cm³/mol. The minimum atomic E-state index is -2.03. The second-order valence-corrected chi connectivity index (χ2v) is 12.9. The Labute approximate surface area is 284 Å². The average molecular weight is 682 g/mol. The third kappa shape index (κ3) is 7.10. The van der Waals surface area contributed by atoms with Gasteiger partial charge in [0.15, 0.2) is 5.78 Å². The van der Waals surface area contributed by atoms with Crippen molar-refractivity contribution in [2.75, 3.05) is 7.11 Å². The number of aliphatic hydroxyl groups is 2. The maximum atomic E-state index is 13.8. The number of hydrogen-bond donors (Lipinski definition) is 4. The van der Waals surface area contributed by atoms with Crippen molar-refractivity contribution in [1.82, 2.24) is 5.32 Å². The molecule has 1 aromatic rings. The summed E-state index contributed by atoms with van der Waals surface area (Å²) in [6.07, 6.45) is 5.26. The first-order chi connectivity index (χ1) is 22.9. The fraction of sp³-hybridized carbons (Fsp3) is 0.472. The Kier molecular flexibility index (Phi) is 11.0. The van der Waals surface area contributed by atoms with Crippen molar-refractivity contribution >= 4 is 29.2 Å². The molecular weight excluding hydrogens is 638 g/mol. The summed E-state index contributed by atoms with van der Waals surface area (Å²) in [5.74, 6) is -9.03. The molecule has 5 bridgehead atoms. The van der Waals surface area contributed by atoms with Gasteiger partial charge in [-0.25, -0.2) is 0 Å². The van der Waals surface area contributed by atoms with Crippen LogP contribution in [0.5, 0.6) is 11.5 Å².